The topological polar surface area (TPSA) is 103 Å². The second kappa shape index (κ2) is 4.80. The van der Waals surface area contributed by atoms with E-state index in [0.29, 0.717) is 18.8 Å². The molecular weight excluding hydrogens is 290 g/mol. The number of aromatic carboxylic acids is 1. The van der Waals surface area contributed by atoms with Gasteiger partial charge in [0.25, 0.3) is 10.0 Å². The van der Waals surface area contributed by atoms with E-state index in [1.807, 2.05) is 13.8 Å². The molecule has 2 N–H and O–H groups in total. The number of H-pyrrole nitrogens is 1. The zero-order chi connectivity index (χ0) is 14.3. The van der Waals surface area contributed by atoms with Crippen molar-refractivity contribution < 1.29 is 18.3 Å². The first-order valence-electron chi connectivity index (χ1n) is 5.65. The van der Waals surface area contributed by atoms with E-state index in [4.69, 9.17) is 5.11 Å². The SMILES string of the molecule is CC1(C)CN(S(=O)(=O)c2[nH]ncc2C(=O)O)CCS1. The van der Waals surface area contributed by atoms with Gasteiger partial charge >= 0.3 is 5.97 Å². The van der Waals surface area contributed by atoms with Crippen molar-refractivity contribution >= 4 is 27.8 Å². The molecule has 1 aromatic heterocycles. The lowest BCUT2D eigenvalue weighted by Gasteiger charge is -2.36. The molecule has 2 heterocycles. The van der Waals surface area contributed by atoms with Gasteiger partial charge in [0.15, 0.2) is 5.03 Å². The summed E-state index contributed by atoms with van der Waals surface area (Å²) >= 11 is 1.70. The van der Waals surface area contributed by atoms with E-state index in [2.05, 4.69) is 10.2 Å². The van der Waals surface area contributed by atoms with Gasteiger partial charge in [-0.3, -0.25) is 5.10 Å². The number of aromatic nitrogens is 2. The summed E-state index contributed by atoms with van der Waals surface area (Å²) in [6.45, 7) is 4.64. The van der Waals surface area contributed by atoms with Crippen LogP contribution in [0.2, 0.25) is 0 Å². The minimum atomic E-state index is -3.84. The summed E-state index contributed by atoms with van der Waals surface area (Å²) in [6, 6.07) is 0. The van der Waals surface area contributed by atoms with Crippen LogP contribution >= 0.6 is 11.8 Å². The Labute approximate surface area is 115 Å². The maximum Gasteiger partial charge on any atom is 0.340 e. The van der Waals surface area contributed by atoms with Gasteiger partial charge in [-0.2, -0.15) is 21.2 Å². The van der Waals surface area contributed by atoms with Gasteiger partial charge in [0.1, 0.15) is 5.56 Å². The number of hydrogen-bond donors (Lipinski definition) is 2. The van der Waals surface area contributed by atoms with E-state index < -0.39 is 16.0 Å². The molecule has 0 spiro atoms. The second-order valence-corrected chi connectivity index (χ2v) is 8.54. The summed E-state index contributed by atoms with van der Waals surface area (Å²) < 4.78 is 26.0. The predicted octanol–water partition coefficient (Wildman–Crippen LogP) is 0.624. The molecule has 0 saturated carbocycles. The van der Waals surface area contributed by atoms with Crippen molar-refractivity contribution in [2.45, 2.75) is 23.6 Å². The van der Waals surface area contributed by atoms with Crippen molar-refractivity contribution in [3.63, 3.8) is 0 Å². The Morgan fingerprint density at radius 2 is 2.26 bits per heavy atom. The van der Waals surface area contributed by atoms with Crippen LogP contribution in [0.4, 0.5) is 0 Å². The van der Waals surface area contributed by atoms with Gasteiger partial charge in [0, 0.05) is 23.6 Å². The highest BCUT2D eigenvalue weighted by Gasteiger charge is 2.37. The molecule has 0 unspecified atom stereocenters. The molecule has 1 fully saturated rings. The maximum absolute atomic E-state index is 12.4. The molecule has 1 saturated heterocycles. The van der Waals surface area contributed by atoms with E-state index in [1.54, 1.807) is 11.8 Å². The summed E-state index contributed by atoms with van der Waals surface area (Å²) in [6.07, 6.45) is 1.01. The van der Waals surface area contributed by atoms with Gasteiger partial charge in [-0.05, 0) is 13.8 Å². The summed E-state index contributed by atoms with van der Waals surface area (Å²) in [5.41, 5.74) is -0.323. The third-order valence-corrected chi connectivity index (χ3v) is 5.94. The van der Waals surface area contributed by atoms with E-state index in [0.717, 1.165) is 6.20 Å². The monoisotopic (exact) mass is 305 g/mol. The lowest BCUT2D eigenvalue weighted by Crippen LogP contribution is -2.46. The molecule has 0 aliphatic carbocycles. The summed E-state index contributed by atoms with van der Waals surface area (Å²) in [4.78, 5) is 11.0. The van der Waals surface area contributed by atoms with Crippen LogP contribution in [0.15, 0.2) is 11.2 Å². The normalized spacial score (nSPS) is 20.3. The number of aromatic amines is 1. The number of hydrogen-bond acceptors (Lipinski definition) is 5. The van der Waals surface area contributed by atoms with Crippen molar-refractivity contribution in [1.29, 1.82) is 0 Å². The third-order valence-electron chi connectivity index (χ3n) is 2.82. The Morgan fingerprint density at radius 1 is 1.58 bits per heavy atom. The highest BCUT2D eigenvalue weighted by molar-refractivity contribution is 8.00. The highest BCUT2D eigenvalue weighted by Crippen LogP contribution is 2.32. The van der Waals surface area contributed by atoms with Crippen LogP contribution in [0.1, 0.15) is 24.2 Å². The molecule has 19 heavy (non-hydrogen) atoms. The average Bonchev–Trinajstić information content (AvgIpc) is 2.77. The fourth-order valence-corrected chi connectivity index (χ4v) is 4.91. The fraction of sp³-hybridized carbons (Fsp3) is 0.600. The first-order valence-corrected chi connectivity index (χ1v) is 8.07. The first-order chi connectivity index (χ1) is 8.74. The Morgan fingerprint density at radius 3 is 2.84 bits per heavy atom. The Hall–Kier alpha value is -1.06. The van der Waals surface area contributed by atoms with Crippen molar-refractivity contribution in [3.05, 3.63) is 11.8 Å². The molecule has 0 amide bonds. The highest BCUT2D eigenvalue weighted by atomic mass is 32.2. The molecule has 0 aromatic carbocycles. The minimum absolute atomic E-state index is 0.186. The van der Waals surface area contributed by atoms with Crippen LogP contribution in [-0.4, -0.2) is 57.6 Å². The molecule has 9 heteroatoms. The number of sulfonamides is 1. The molecule has 0 atom stereocenters. The first kappa shape index (κ1) is 14.4. The Bertz CT molecular complexity index is 594. The lowest BCUT2D eigenvalue weighted by atomic mass is 10.2. The van der Waals surface area contributed by atoms with Crippen LogP contribution in [0.5, 0.6) is 0 Å². The van der Waals surface area contributed by atoms with Gasteiger partial charge < -0.3 is 5.11 Å². The van der Waals surface area contributed by atoms with Crippen LogP contribution in [-0.2, 0) is 10.0 Å². The number of carboxylic acid groups (broad SMARTS) is 1. The van der Waals surface area contributed by atoms with E-state index in [1.165, 1.54) is 4.31 Å². The van der Waals surface area contributed by atoms with Crippen molar-refractivity contribution in [2.24, 2.45) is 0 Å². The number of carboxylic acids is 1. The number of thioether (sulfide) groups is 1. The molecule has 1 aliphatic rings. The average molecular weight is 305 g/mol. The summed E-state index contributed by atoms with van der Waals surface area (Å²) in [5.74, 6) is -0.624. The van der Waals surface area contributed by atoms with Gasteiger partial charge in [-0.25, -0.2) is 13.2 Å². The van der Waals surface area contributed by atoms with Crippen LogP contribution in [0, 0.1) is 0 Å². The van der Waals surface area contributed by atoms with Crippen molar-refractivity contribution in [2.75, 3.05) is 18.8 Å². The summed E-state index contributed by atoms with van der Waals surface area (Å²) in [7, 11) is -3.84. The van der Waals surface area contributed by atoms with E-state index >= 15 is 0 Å². The molecule has 106 valence electrons. The standard InChI is InChI=1S/C10H15N3O4S2/c1-10(2)6-13(3-4-18-10)19(16,17)8-7(9(14)15)5-11-12-8/h5H,3-4,6H2,1-2H3,(H,11,12)(H,14,15). The quantitative estimate of drug-likeness (QED) is 0.848. The summed E-state index contributed by atoms with van der Waals surface area (Å²) in [5, 5.41) is 14.4. The van der Waals surface area contributed by atoms with Crippen LogP contribution < -0.4 is 0 Å². The van der Waals surface area contributed by atoms with E-state index in [-0.39, 0.29) is 15.3 Å². The van der Waals surface area contributed by atoms with E-state index in [9.17, 15) is 13.2 Å². The van der Waals surface area contributed by atoms with Gasteiger partial charge in [-0.1, -0.05) is 0 Å². The number of nitrogens with zero attached hydrogens (tertiary/aromatic N) is 2. The zero-order valence-electron chi connectivity index (χ0n) is 10.6. The third kappa shape index (κ3) is 2.77. The van der Waals surface area contributed by atoms with Gasteiger partial charge in [0.05, 0.1) is 6.20 Å². The van der Waals surface area contributed by atoms with Gasteiger partial charge in [0.2, 0.25) is 0 Å². The smallest absolute Gasteiger partial charge is 0.340 e. The maximum atomic E-state index is 12.4. The van der Waals surface area contributed by atoms with Crippen molar-refractivity contribution in [3.8, 4) is 0 Å². The molecule has 7 nitrogen and oxygen atoms in total. The number of rotatable bonds is 3. The molecule has 1 aromatic rings. The fourth-order valence-electron chi connectivity index (χ4n) is 1.93. The molecule has 2 rings (SSSR count). The Kier molecular flexibility index (Phi) is 3.63. The largest absolute Gasteiger partial charge is 0.478 e. The second-order valence-electron chi connectivity index (χ2n) is 4.86. The molecule has 1 aliphatic heterocycles. The Balaban J connectivity index is 2.37. The zero-order valence-corrected chi connectivity index (χ0v) is 12.2. The number of nitrogens with one attached hydrogen (secondary N) is 1. The van der Waals surface area contributed by atoms with Gasteiger partial charge in [-0.15, -0.1) is 0 Å². The number of carbonyl (C=O) groups is 1. The predicted molar refractivity (Wildman–Crippen MR) is 70.8 cm³/mol. The lowest BCUT2D eigenvalue weighted by molar-refractivity contribution is 0.0692. The minimum Gasteiger partial charge on any atom is -0.478 e. The van der Waals surface area contributed by atoms with Crippen LogP contribution in [0.25, 0.3) is 0 Å². The molecule has 0 bridgehead atoms. The van der Waals surface area contributed by atoms with Crippen molar-refractivity contribution in [1.82, 2.24) is 14.5 Å². The molecule has 0 radical (unpaired) electrons. The molecular formula is C10H15N3O4S2. The van der Waals surface area contributed by atoms with Crippen LogP contribution in [0.3, 0.4) is 0 Å².